The molecule has 0 amide bonds. The Labute approximate surface area is 116 Å². The molecule has 0 aliphatic rings. The number of hydrogen-bond acceptors (Lipinski definition) is 6. The first kappa shape index (κ1) is 14.4. The van der Waals surface area contributed by atoms with E-state index in [-0.39, 0.29) is 5.41 Å². The SMILES string of the molecule is CC(C)Cc1nnnn1-n1nc(CC(C)(C)C)oc1=O. The van der Waals surface area contributed by atoms with Crippen molar-refractivity contribution in [1.82, 2.24) is 30.2 Å². The van der Waals surface area contributed by atoms with Crippen LogP contribution in [0.1, 0.15) is 46.3 Å². The average molecular weight is 280 g/mol. The smallest absolute Gasteiger partial charge is 0.391 e. The molecular weight excluding hydrogens is 260 g/mol. The second-order valence-electron chi connectivity index (χ2n) is 6.47. The molecule has 0 bridgehead atoms. The van der Waals surface area contributed by atoms with E-state index in [0.29, 0.717) is 30.5 Å². The molecule has 0 unspecified atom stereocenters. The molecule has 2 rings (SSSR count). The van der Waals surface area contributed by atoms with Crippen LogP contribution in [0.15, 0.2) is 9.21 Å². The van der Waals surface area contributed by atoms with E-state index in [0.717, 1.165) is 4.79 Å². The molecule has 8 heteroatoms. The van der Waals surface area contributed by atoms with Crippen LogP contribution in [-0.4, -0.2) is 30.2 Å². The molecule has 0 N–H and O–H groups in total. The van der Waals surface area contributed by atoms with Crippen LogP contribution in [0.2, 0.25) is 0 Å². The molecule has 0 aromatic carbocycles. The van der Waals surface area contributed by atoms with Gasteiger partial charge in [-0.3, -0.25) is 0 Å². The summed E-state index contributed by atoms with van der Waals surface area (Å²) in [6.45, 7) is 10.2. The predicted octanol–water partition coefficient (Wildman–Crippen LogP) is 0.921. The van der Waals surface area contributed by atoms with E-state index >= 15 is 0 Å². The van der Waals surface area contributed by atoms with Crippen molar-refractivity contribution in [3.63, 3.8) is 0 Å². The van der Waals surface area contributed by atoms with Crippen molar-refractivity contribution in [2.24, 2.45) is 11.3 Å². The lowest BCUT2D eigenvalue weighted by Crippen LogP contribution is -2.27. The first-order valence-electron chi connectivity index (χ1n) is 6.63. The zero-order chi connectivity index (χ0) is 14.9. The first-order chi connectivity index (χ1) is 9.26. The molecule has 0 atom stereocenters. The van der Waals surface area contributed by atoms with Crippen LogP contribution in [-0.2, 0) is 12.8 Å². The standard InChI is InChI=1S/C12H20N6O2/c1-8(2)6-9-13-15-16-17(9)18-11(19)20-10(14-18)7-12(3,4)5/h8H,6-7H2,1-5H3. The van der Waals surface area contributed by atoms with Gasteiger partial charge in [-0.05, 0) is 21.8 Å². The van der Waals surface area contributed by atoms with Gasteiger partial charge in [0.1, 0.15) is 0 Å². The summed E-state index contributed by atoms with van der Waals surface area (Å²) in [7, 11) is 0. The van der Waals surface area contributed by atoms with Crippen LogP contribution >= 0.6 is 0 Å². The summed E-state index contributed by atoms with van der Waals surface area (Å²) in [6.07, 6.45) is 1.22. The number of aromatic nitrogens is 6. The third-order valence-corrected chi connectivity index (χ3v) is 2.54. The molecular formula is C12H20N6O2. The van der Waals surface area contributed by atoms with Gasteiger partial charge < -0.3 is 4.42 Å². The zero-order valence-electron chi connectivity index (χ0n) is 12.5. The molecule has 2 aromatic rings. The van der Waals surface area contributed by atoms with E-state index < -0.39 is 5.76 Å². The second-order valence-corrected chi connectivity index (χ2v) is 6.47. The molecule has 2 aromatic heterocycles. The minimum absolute atomic E-state index is 0.0174. The fraction of sp³-hybridized carbons (Fsp3) is 0.750. The van der Waals surface area contributed by atoms with E-state index in [1.807, 2.05) is 20.8 Å². The number of hydrogen-bond donors (Lipinski definition) is 0. The molecule has 8 nitrogen and oxygen atoms in total. The lowest BCUT2D eigenvalue weighted by molar-refractivity contribution is 0.345. The fourth-order valence-corrected chi connectivity index (χ4v) is 1.79. The predicted molar refractivity (Wildman–Crippen MR) is 71.1 cm³/mol. The number of nitrogens with zero attached hydrogens (tertiary/aromatic N) is 6. The Bertz CT molecular complexity index is 631. The Morgan fingerprint density at radius 1 is 1.25 bits per heavy atom. The Kier molecular flexibility index (Phi) is 3.74. The van der Waals surface area contributed by atoms with Gasteiger partial charge in [0.05, 0.1) is 0 Å². The minimum atomic E-state index is -0.582. The summed E-state index contributed by atoms with van der Waals surface area (Å²) in [5.74, 6) is 0.754. The molecule has 20 heavy (non-hydrogen) atoms. The van der Waals surface area contributed by atoms with E-state index in [9.17, 15) is 4.79 Å². The van der Waals surface area contributed by atoms with Crippen molar-refractivity contribution in [2.75, 3.05) is 0 Å². The summed E-state index contributed by atoms with van der Waals surface area (Å²) >= 11 is 0. The molecule has 0 aliphatic carbocycles. The van der Waals surface area contributed by atoms with Gasteiger partial charge in [-0.2, -0.15) is 0 Å². The van der Waals surface area contributed by atoms with E-state index in [1.54, 1.807) is 0 Å². The van der Waals surface area contributed by atoms with Crippen molar-refractivity contribution in [3.8, 4) is 0 Å². The van der Waals surface area contributed by atoms with Crippen LogP contribution < -0.4 is 5.76 Å². The van der Waals surface area contributed by atoms with Gasteiger partial charge in [-0.1, -0.05) is 39.4 Å². The van der Waals surface area contributed by atoms with Crippen LogP contribution in [0.5, 0.6) is 0 Å². The van der Waals surface area contributed by atoms with E-state index in [2.05, 4.69) is 34.5 Å². The van der Waals surface area contributed by atoms with Crippen LogP contribution in [0.25, 0.3) is 0 Å². The van der Waals surface area contributed by atoms with Gasteiger partial charge in [0.15, 0.2) is 5.82 Å². The molecule has 110 valence electrons. The van der Waals surface area contributed by atoms with E-state index in [4.69, 9.17) is 4.42 Å². The Balaban J connectivity index is 2.34. The lowest BCUT2D eigenvalue weighted by atomic mass is 9.92. The minimum Gasteiger partial charge on any atom is -0.391 e. The molecule has 0 radical (unpaired) electrons. The highest BCUT2D eigenvalue weighted by Gasteiger charge is 2.20. The van der Waals surface area contributed by atoms with Gasteiger partial charge in [0.25, 0.3) is 0 Å². The summed E-state index contributed by atoms with van der Waals surface area (Å²) < 4.78 is 5.15. The first-order valence-corrected chi connectivity index (χ1v) is 6.63. The van der Waals surface area contributed by atoms with Crippen molar-refractivity contribution in [2.45, 2.75) is 47.5 Å². The topological polar surface area (TPSA) is 91.6 Å². The van der Waals surface area contributed by atoms with Crippen molar-refractivity contribution >= 4 is 0 Å². The van der Waals surface area contributed by atoms with Gasteiger partial charge in [0.2, 0.25) is 5.89 Å². The Morgan fingerprint density at radius 3 is 2.55 bits per heavy atom. The van der Waals surface area contributed by atoms with Gasteiger partial charge in [0, 0.05) is 12.8 Å². The monoisotopic (exact) mass is 280 g/mol. The third kappa shape index (κ3) is 3.31. The highest BCUT2D eigenvalue weighted by atomic mass is 16.4. The van der Waals surface area contributed by atoms with Crippen LogP contribution in [0.3, 0.4) is 0 Å². The Morgan fingerprint density at radius 2 is 1.95 bits per heavy atom. The Hall–Kier alpha value is -1.99. The van der Waals surface area contributed by atoms with Crippen LogP contribution in [0, 0.1) is 11.3 Å². The van der Waals surface area contributed by atoms with Crippen molar-refractivity contribution in [1.29, 1.82) is 0 Å². The molecule has 0 aliphatic heterocycles. The third-order valence-electron chi connectivity index (χ3n) is 2.54. The fourth-order valence-electron chi connectivity index (χ4n) is 1.79. The summed E-state index contributed by atoms with van der Waals surface area (Å²) in [4.78, 5) is 14.2. The summed E-state index contributed by atoms with van der Waals surface area (Å²) in [5.41, 5.74) is -0.0174. The summed E-state index contributed by atoms with van der Waals surface area (Å²) in [6, 6.07) is 0. The molecule has 0 spiro atoms. The molecule has 0 saturated carbocycles. The van der Waals surface area contributed by atoms with Gasteiger partial charge in [-0.15, -0.1) is 15.0 Å². The van der Waals surface area contributed by atoms with Crippen molar-refractivity contribution < 1.29 is 4.42 Å². The molecule has 0 saturated heterocycles. The van der Waals surface area contributed by atoms with Crippen molar-refractivity contribution in [3.05, 3.63) is 22.3 Å². The number of rotatable bonds is 4. The maximum atomic E-state index is 11.9. The summed E-state index contributed by atoms with van der Waals surface area (Å²) in [5, 5.41) is 15.5. The maximum Gasteiger partial charge on any atom is 0.459 e. The molecule has 0 fully saturated rings. The normalized spacial score (nSPS) is 12.3. The average Bonchev–Trinajstić information content (AvgIpc) is 2.82. The van der Waals surface area contributed by atoms with Gasteiger partial charge in [-0.25, -0.2) is 4.79 Å². The van der Waals surface area contributed by atoms with Gasteiger partial charge >= 0.3 is 5.76 Å². The van der Waals surface area contributed by atoms with Crippen LogP contribution in [0.4, 0.5) is 0 Å². The molecule has 2 heterocycles. The highest BCUT2D eigenvalue weighted by molar-refractivity contribution is 4.86. The number of tetrazole rings is 1. The largest absolute Gasteiger partial charge is 0.459 e. The lowest BCUT2D eigenvalue weighted by Gasteiger charge is -2.14. The second kappa shape index (κ2) is 5.18. The van der Waals surface area contributed by atoms with E-state index in [1.165, 1.54) is 4.79 Å². The zero-order valence-corrected chi connectivity index (χ0v) is 12.5. The maximum absolute atomic E-state index is 11.9. The highest BCUT2D eigenvalue weighted by Crippen LogP contribution is 2.18. The quantitative estimate of drug-likeness (QED) is 0.827.